The Morgan fingerprint density at radius 2 is 1.45 bits per heavy atom. The number of halogens is 3. The van der Waals surface area contributed by atoms with Crippen molar-refractivity contribution in [3.63, 3.8) is 0 Å². The van der Waals surface area contributed by atoms with Crippen molar-refractivity contribution < 1.29 is 0 Å². The molecule has 0 aromatic carbocycles. The molecular formula is C8H14Br2Cl. The lowest BCUT2D eigenvalue weighted by molar-refractivity contribution is 0.567. The summed E-state index contributed by atoms with van der Waals surface area (Å²) in [5.41, 5.74) is 0. The van der Waals surface area contributed by atoms with Gasteiger partial charge >= 0.3 is 0 Å². The van der Waals surface area contributed by atoms with Gasteiger partial charge in [0.05, 0.1) is 0 Å². The number of alkyl halides is 3. The molecule has 0 rings (SSSR count). The van der Waals surface area contributed by atoms with E-state index in [1.54, 1.807) is 0 Å². The molecule has 3 heteroatoms. The van der Waals surface area contributed by atoms with Crippen molar-refractivity contribution >= 4 is 43.5 Å². The van der Waals surface area contributed by atoms with E-state index < -0.39 is 0 Å². The van der Waals surface area contributed by atoms with Crippen LogP contribution in [0.15, 0.2) is 0 Å². The minimum atomic E-state index is -0.235. The van der Waals surface area contributed by atoms with Gasteiger partial charge in [-0.3, -0.25) is 0 Å². The molecule has 0 amide bonds. The van der Waals surface area contributed by atoms with E-state index in [9.17, 15) is 0 Å². The van der Waals surface area contributed by atoms with Gasteiger partial charge in [-0.1, -0.05) is 31.9 Å². The first-order valence-corrected chi connectivity index (χ1v) is 6.41. The predicted molar refractivity (Wildman–Crippen MR) is 60.0 cm³/mol. The quantitative estimate of drug-likeness (QED) is 0.647. The van der Waals surface area contributed by atoms with E-state index in [1.807, 2.05) is 0 Å². The van der Waals surface area contributed by atoms with Crippen LogP contribution in [0, 0.1) is 6.92 Å². The van der Waals surface area contributed by atoms with Gasteiger partial charge < -0.3 is 0 Å². The summed E-state index contributed by atoms with van der Waals surface area (Å²) in [5, 5.41) is 2.04. The Kier molecular flexibility index (Phi) is 7.50. The van der Waals surface area contributed by atoms with Crippen molar-refractivity contribution in [2.45, 2.75) is 30.6 Å². The van der Waals surface area contributed by atoms with Gasteiger partial charge in [0.1, 0.15) is 0 Å². The molecule has 0 aromatic rings. The highest BCUT2D eigenvalue weighted by atomic mass is 79.9. The van der Waals surface area contributed by atoms with E-state index in [1.165, 1.54) is 0 Å². The summed E-state index contributed by atoms with van der Waals surface area (Å²) in [6, 6.07) is 0. The summed E-state index contributed by atoms with van der Waals surface area (Å²) < 4.78 is 0. The molecule has 0 bridgehead atoms. The lowest BCUT2D eigenvalue weighted by atomic mass is 10.00. The fourth-order valence-corrected chi connectivity index (χ4v) is 1.72. The molecule has 0 saturated carbocycles. The maximum Gasteiger partial charge on any atom is 0.0448 e. The molecule has 0 N–H and O–H groups in total. The van der Waals surface area contributed by atoms with E-state index in [4.69, 9.17) is 11.6 Å². The minimum absolute atomic E-state index is 0.235. The van der Waals surface area contributed by atoms with Gasteiger partial charge in [-0.05, 0) is 32.6 Å². The molecular weight excluding hydrogens is 291 g/mol. The van der Waals surface area contributed by atoms with E-state index in [0.29, 0.717) is 0 Å². The molecule has 0 nitrogen and oxygen atoms in total. The standard InChI is InChI=1S/C8H14Br2Cl/c1-8(11,4-2-6-9)5-3-7-10/h1-7H2. The number of hydrogen-bond donors (Lipinski definition) is 0. The molecule has 0 aliphatic rings. The van der Waals surface area contributed by atoms with Crippen LogP contribution in [0.2, 0.25) is 0 Å². The molecule has 67 valence electrons. The lowest BCUT2D eigenvalue weighted by Crippen LogP contribution is -2.16. The van der Waals surface area contributed by atoms with Gasteiger partial charge in [0, 0.05) is 15.5 Å². The number of hydrogen-bond acceptors (Lipinski definition) is 0. The van der Waals surface area contributed by atoms with Gasteiger partial charge in [-0.25, -0.2) is 0 Å². The molecule has 0 spiro atoms. The molecule has 1 radical (unpaired) electrons. The second kappa shape index (κ2) is 6.73. The molecule has 0 unspecified atom stereocenters. The Bertz CT molecular complexity index is 84.1. The summed E-state index contributed by atoms with van der Waals surface area (Å²) in [6.07, 6.45) is 4.20. The monoisotopic (exact) mass is 303 g/mol. The first kappa shape index (κ1) is 12.2. The fourth-order valence-electron chi connectivity index (χ4n) is 0.892. The highest BCUT2D eigenvalue weighted by molar-refractivity contribution is 9.09. The molecule has 0 aliphatic heterocycles. The van der Waals surface area contributed by atoms with Crippen molar-refractivity contribution in [3.8, 4) is 0 Å². The summed E-state index contributed by atoms with van der Waals surface area (Å²) in [7, 11) is 0. The molecule has 0 fully saturated rings. The first-order valence-electron chi connectivity index (χ1n) is 3.78. The average molecular weight is 305 g/mol. The van der Waals surface area contributed by atoms with Crippen LogP contribution in [0.5, 0.6) is 0 Å². The van der Waals surface area contributed by atoms with Gasteiger partial charge in [0.15, 0.2) is 0 Å². The van der Waals surface area contributed by atoms with Crippen LogP contribution in [0.3, 0.4) is 0 Å². The van der Waals surface area contributed by atoms with Crippen LogP contribution in [0.4, 0.5) is 0 Å². The molecule has 0 saturated heterocycles. The Morgan fingerprint density at radius 3 is 1.73 bits per heavy atom. The Balaban J connectivity index is 3.43. The normalized spacial score (nSPS) is 12.0. The van der Waals surface area contributed by atoms with Gasteiger partial charge in [0.25, 0.3) is 0 Å². The summed E-state index contributed by atoms with van der Waals surface area (Å²) >= 11 is 12.9. The zero-order valence-corrected chi connectivity index (χ0v) is 10.5. The zero-order chi connectivity index (χ0) is 8.74. The first-order chi connectivity index (χ1) is 5.12. The lowest BCUT2D eigenvalue weighted by Gasteiger charge is -2.20. The van der Waals surface area contributed by atoms with E-state index in [-0.39, 0.29) is 4.87 Å². The van der Waals surface area contributed by atoms with Crippen LogP contribution in [0.25, 0.3) is 0 Å². The predicted octanol–water partition coefficient (Wildman–Crippen LogP) is 4.15. The zero-order valence-electron chi connectivity index (χ0n) is 6.58. The third-order valence-corrected chi connectivity index (χ3v) is 3.02. The van der Waals surface area contributed by atoms with Gasteiger partial charge in [0.2, 0.25) is 0 Å². The van der Waals surface area contributed by atoms with Crippen molar-refractivity contribution in [3.05, 3.63) is 6.92 Å². The largest absolute Gasteiger partial charge is 0.119 e. The highest BCUT2D eigenvalue weighted by Crippen LogP contribution is 2.26. The van der Waals surface area contributed by atoms with Crippen LogP contribution >= 0.6 is 43.5 Å². The van der Waals surface area contributed by atoms with Crippen molar-refractivity contribution in [2.75, 3.05) is 10.7 Å². The van der Waals surface area contributed by atoms with Gasteiger partial charge in [-0.15, -0.1) is 11.6 Å². The third-order valence-electron chi connectivity index (χ3n) is 1.52. The molecule has 11 heavy (non-hydrogen) atoms. The van der Waals surface area contributed by atoms with Crippen molar-refractivity contribution in [1.29, 1.82) is 0 Å². The average Bonchev–Trinajstić information content (AvgIpc) is 1.97. The summed E-state index contributed by atoms with van der Waals surface area (Å²) in [4.78, 5) is -0.235. The summed E-state index contributed by atoms with van der Waals surface area (Å²) in [5.74, 6) is 0. The smallest absolute Gasteiger partial charge is 0.0448 e. The molecule has 0 aromatic heterocycles. The van der Waals surface area contributed by atoms with E-state index in [0.717, 1.165) is 36.3 Å². The number of rotatable bonds is 6. The maximum atomic E-state index is 6.14. The molecule has 0 aliphatic carbocycles. The summed E-state index contributed by atoms with van der Waals surface area (Å²) in [6.45, 7) is 3.97. The molecule has 0 atom stereocenters. The Morgan fingerprint density at radius 1 is 1.09 bits per heavy atom. The maximum absolute atomic E-state index is 6.14. The SMILES string of the molecule is [CH2]C(Cl)(CCCBr)CCCBr. The second-order valence-electron chi connectivity index (χ2n) is 2.74. The van der Waals surface area contributed by atoms with Crippen LogP contribution in [0.1, 0.15) is 25.7 Å². The van der Waals surface area contributed by atoms with Crippen LogP contribution in [-0.2, 0) is 0 Å². The second-order valence-corrected chi connectivity index (χ2v) is 5.12. The Hall–Kier alpha value is 1.25. The van der Waals surface area contributed by atoms with Crippen LogP contribution < -0.4 is 0 Å². The fraction of sp³-hybridized carbons (Fsp3) is 0.875. The minimum Gasteiger partial charge on any atom is -0.119 e. The molecule has 0 heterocycles. The highest BCUT2D eigenvalue weighted by Gasteiger charge is 2.18. The Labute approximate surface area is 91.3 Å². The van der Waals surface area contributed by atoms with Crippen molar-refractivity contribution in [2.24, 2.45) is 0 Å². The topological polar surface area (TPSA) is 0 Å². The van der Waals surface area contributed by atoms with Gasteiger partial charge in [-0.2, -0.15) is 0 Å². The third kappa shape index (κ3) is 7.61. The van der Waals surface area contributed by atoms with E-state index >= 15 is 0 Å². The van der Waals surface area contributed by atoms with Crippen molar-refractivity contribution in [1.82, 2.24) is 0 Å². The van der Waals surface area contributed by atoms with Crippen LogP contribution in [-0.4, -0.2) is 15.5 Å². The van der Waals surface area contributed by atoms with E-state index in [2.05, 4.69) is 38.8 Å².